The molecule has 31 heavy (non-hydrogen) atoms. The largest absolute Gasteiger partial charge is 0.500 e. The maximum atomic E-state index is 10.3. The summed E-state index contributed by atoms with van der Waals surface area (Å²) in [5.41, 5.74) is 5.48. The molecule has 0 saturated heterocycles. The summed E-state index contributed by atoms with van der Waals surface area (Å²) in [6, 6.07) is 1.45. The van der Waals surface area contributed by atoms with Gasteiger partial charge < -0.3 is 42.7 Å². The summed E-state index contributed by atoms with van der Waals surface area (Å²) in [6.45, 7) is 16.1. The number of rotatable bonds is 19. The predicted molar refractivity (Wildman–Crippen MR) is 125 cm³/mol. The first-order valence-electron chi connectivity index (χ1n) is 11.3. The van der Waals surface area contributed by atoms with E-state index in [1.165, 1.54) is 0 Å². The average Bonchev–Trinajstić information content (AvgIpc) is 2.71. The first-order chi connectivity index (χ1) is 14.8. The molecule has 0 aromatic heterocycles. The van der Waals surface area contributed by atoms with Crippen molar-refractivity contribution in [3.63, 3.8) is 0 Å². The van der Waals surface area contributed by atoms with Gasteiger partial charge in [-0.1, -0.05) is 0 Å². The number of nitrogens with one attached hydrogen (secondary N) is 1. The number of hydrogen-bond acceptors (Lipinski definition) is 8. The summed E-state index contributed by atoms with van der Waals surface area (Å²) in [6.07, 6.45) is 0.534. The van der Waals surface area contributed by atoms with E-state index in [9.17, 15) is 4.79 Å². The van der Waals surface area contributed by atoms with Crippen LogP contribution in [-0.4, -0.2) is 81.5 Å². The Morgan fingerprint density at radius 2 is 1.03 bits per heavy atom. The van der Waals surface area contributed by atoms with Crippen LogP contribution in [0.15, 0.2) is 0 Å². The van der Waals surface area contributed by atoms with Crippen LogP contribution in [0.2, 0.25) is 12.1 Å². The zero-order valence-electron chi connectivity index (χ0n) is 20.4. The zero-order chi connectivity index (χ0) is 24.0. The van der Waals surface area contributed by atoms with Crippen molar-refractivity contribution in [2.24, 2.45) is 5.73 Å². The zero-order valence-corrected chi connectivity index (χ0v) is 22.4. The Bertz CT molecular complexity index is 388. The van der Waals surface area contributed by atoms with E-state index in [2.05, 4.69) is 5.32 Å². The topological polar surface area (TPSA) is 131 Å². The summed E-state index contributed by atoms with van der Waals surface area (Å²) < 4.78 is 33.9. The molecule has 0 aromatic rings. The Hall–Kier alpha value is -0.576. The number of nitrogens with two attached hydrogens (primary N) is 1. The van der Waals surface area contributed by atoms with Crippen LogP contribution in [0.3, 0.4) is 0 Å². The molecule has 1 amide bonds. The van der Waals surface area contributed by atoms with Gasteiger partial charge in [0.25, 0.3) is 0 Å². The van der Waals surface area contributed by atoms with Gasteiger partial charge in [0.05, 0.1) is 0 Å². The highest BCUT2D eigenvalue weighted by Crippen LogP contribution is 2.18. The molecular formula is C19H46N2O8Si2. The van der Waals surface area contributed by atoms with Crippen molar-refractivity contribution in [3.8, 4) is 0 Å². The number of carboxylic acid groups (broad SMARTS) is 1. The van der Waals surface area contributed by atoms with Gasteiger partial charge in [0.1, 0.15) is 0 Å². The van der Waals surface area contributed by atoms with Gasteiger partial charge in [0, 0.05) is 58.3 Å². The van der Waals surface area contributed by atoms with Gasteiger partial charge in [-0.15, -0.1) is 0 Å². The molecule has 0 radical (unpaired) electrons. The van der Waals surface area contributed by atoms with Gasteiger partial charge in [-0.25, -0.2) is 4.79 Å². The van der Waals surface area contributed by atoms with E-state index in [0.717, 1.165) is 12.5 Å². The molecule has 0 aliphatic heterocycles. The Kier molecular flexibility index (Phi) is 22.4. The summed E-state index contributed by atoms with van der Waals surface area (Å²) in [5.74, 6) is 0. The highest BCUT2D eigenvalue weighted by molar-refractivity contribution is 6.61. The van der Waals surface area contributed by atoms with Crippen LogP contribution in [0.25, 0.3) is 0 Å². The van der Waals surface area contributed by atoms with E-state index in [4.69, 9.17) is 37.4 Å². The molecule has 10 nitrogen and oxygen atoms in total. The number of amides is 1. The Labute approximate surface area is 190 Å². The Morgan fingerprint density at radius 1 is 0.710 bits per heavy atom. The van der Waals surface area contributed by atoms with Crippen molar-refractivity contribution in [1.82, 2.24) is 5.32 Å². The molecule has 0 aliphatic carbocycles. The quantitative estimate of drug-likeness (QED) is 0.186. The molecule has 0 spiro atoms. The second kappa shape index (κ2) is 21.3. The Morgan fingerprint density at radius 3 is 1.29 bits per heavy atom. The van der Waals surface area contributed by atoms with E-state index >= 15 is 0 Å². The van der Waals surface area contributed by atoms with Crippen LogP contribution >= 0.6 is 0 Å². The summed E-state index contributed by atoms with van der Waals surface area (Å²) in [5, 5.41) is 10.8. The lowest BCUT2D eigenvalue weighted by atomic mass is 10.5. The second-order valence-corrected chi connectivity index (χ2v) is 11.7. The molecule has 4 N–H and O–H groups in total. The predicted octanol–water partition coefficient (Wildman–Crippen LogP) is 3.08. The van der Waals surface area contributed by atoms with E-state index in [1.54, 1.807) is 0 Å². The average molecular weight is 487 g/mol. The summed E-state index contributed by atoms with van der Waals surface area (Å²) >= 11 is 0. The van der Waals surface area contributed by atoms with Gasteiger partial charge >= 0.3 is 23.7 Å². The van der Waals surface area contributed by atoms with Crippen LogP contribution in [0.5, 0.6) is 0 Å². The number of hydrogen-bond donors (Lipinski definition) is 3. The van der Waals surface area contributed by atoms with E-state index < -0.39 is 23.7 Å². The first kappa shape index (κ1) is 32.6. The van der Waals surface area contributed by atoms with Crippen molar-refractivity contribution in [3.05, 3.63) is 0 Å². The fourth-order valence-corrected chi connectivity index (χ4v) is 8.07. The van der Waals surface area contributed by atoms with E-state index in [0.29, 0.717) is 65.2 Å². The SMILES string of the molecule is CCO[Si](CCCN)(OCC)OCC.CCO[Si](CCCNC(=O)O)(OCC)OCC. The van der Waals surface area contributed by atoms with Crippen molar-refractivity contribution in [2.75, 3.05) is 52.7 Å². The molecule has 0 saturated carbocycles. The Balaban J connectivity index is 0. The van der Waals surface area contributed by atoms with Gasteiger partial charge in [0.2, 0.25) is 0 Å². The third kappa shape index (κ3) is 16.7. The van der Waals surface area contributed by atoms with Crippen molar-refractivity contribution in [2.45, 2.75) is 66.5 Å². The molecule has 12 heteroatoms. The molecule has 0 heterocycles. The van der Waals surface area contributed by atoms with Gasteiger partial charge in [-0.2, -0.15) is 0 Å². The minimum atomic E-state index is -2.60. The third-order valence-corrected chi connectivity index (χ3v) is 10.1. The van der Waals surface area contributed by atoms with Crippen LogP contribution in [-0.2, 0) is 26.6 Å². The summed E-state index contributed by atoms with van der Waals surface area (Å²) in [4.78, 5) is 10.3. The maximum absolute atomic E-state index is 10.3. The molecule has 0 aliphatic rings. The minimum Gasteiger partial charge on any atom is -0.465 e. The van der Waals surface area contributed by atoms with Crippen molar-refractivity contribution in [1.29, 1.82) is 0 Å². The molecule has 0 atom stereocenters. The first-order valence-corrected chi connectivity index (χ1v) is 15.2. The van der Waals surface area contributed by atoms with Gasteiger partial charge in [0.15, 0.2) is 0 Å². The smallest absolute Gasteiger partial charge is 0.465 e. The molecular weight excluding hydrogens is 440 g/mol. The molecule has 0 fully saturated rings. The van der Waals surface area contributed by atoms with Gasteiger partial charge in [-0.3, -0.25) is 0 Å². The lowest BCUT2D eigenvalue weighted by Crippen LogP contribution is -2.46. The van der Waals surface area contributed by atoms with Crippen molar-refractivity contribution < 1.29 is 36.5 Å². The standard InChI is InChI=1S/C10H23NO5Si.C9H23NO3Si/c1-4-14-17(15-5-2,16-6-3)9-7-8-11-10(12)13;1-4-11-14(12-5-2,13-6-3)9-7-8-10/h11H,4-9H2,1-3H3,(H,12,13);4-10H2,1-3H3. The molecule has 188 valence electrons. The molecule has 0 rings (SSSR count). The minimum absolute atomic E-state index is 0.386. The highest BCUT2D eigenvalue weighted by atomic mass is 28.4. The fourth-order valence-electron chi connectivity index (χ4n) is 2.82. The second-order valence-electron chi connectivity index (χ2n) is 6.19. The monoisotopic (exact) mass is 486 g/mol. The molecule has 0 aromatic carbocycles. The molecule has 0 unspecified atom stereocenters. The normalized spacial score (nSPS) is 11.7. The third-order valence-electron chi connectivity index (χ3n) is 3.81. The van der Waals surface area contributed by atoms with E-state index in [-0.39, 0.29) is 0 Å². The summed E-state index contributed by atoms with van der Waals surface area (Å²) in [7, 11) is -5.00. The van der Waals surface area contributed by atoms with Gasteiger partial charge in [-0.05, 0) is 60.9 Å². The number of carbonyl (C=O) groups is 1. The highest BCUT2D eigenvalue weighted by Gasteiger charge is 2.40. The maximum Gasteiger partial charge on any atom is 0.500 e. The van der Waals surface area contributed by atoms with Crippen LogP contribution in [0, 0.1) is 0 Å². The molecule has 0 bridgehead atoms. The van der Waals surface area contributed by atoms with Crippen LogP contribution < -0.4 is 11.1 Å². The van der Waals surface area contributed by atoms with Crippen LogP contribution in [0.1, 0.15) is 54.4 Å². The fraction of sp³-hybridized carbons (Fsp3) is 0.947. The van der Waals surface area contributed by atoms with Crippen LogP contribution in [0.4, 0.5) is 4.79 Å². The van der Waals surface area contributed by atoms with Crippen molar-refractivity contribution >= 4 is 23.7 Å². The lowest BCUT2D eigenvalue weighted by molar-refractivity contribution is 0.0701. The van der Waals surface area contributed by atoms with E-state index in [1.807, 2.05) is 41.5 Å². The lowest BCUT2D eigenvalue weighted by Gasteiger charge is -2.28.